The molecule has 4 nitrogen and oxygen atoms in total. The first-order chi connectivity index (χ1) is 5.61. The van der Waals surface area contributed by atoms with Crippen molar-refractivity contribution in [2.75, 3.05) is 7.11 Å². The van der Waals surface area contributed by atoms with Gasteiger partial charge in [-0.3, -0.25) is 4.79 Å². The predicted octanol–water partition coefficient (Wildman–Crippen LogP) is 0.320. The third-order valence-electron chi connectivity index (χ3n) is 1.46. The topological polar surface area (TPSA) is 55.4 Å². The van der Waals surface area contributed by atoms with Gasteiger partial charge in [-0.05, 0) is 12.3 Å². The molecule has 0 saturated carbocycles. The summed E-state index contributed by atoms with van der Waals surface area (Å²) in [5.41, 5.74) is 0. The number of hydrogen-bond donors (Lipinski definition) is 1. The first-order valence-electron chi connectivity index (χ1n) is 3.89. The smallest absolute Gasteiger partial charge is 0.328 e. The van der Waals surface area contributed by atoms with Crippen molar-refractivity contribution in [2.24, 2.45) is 5.92 Å². The Balaban J connectivity index is 4.02. The third kappa shape index (κ3) is 3.95. The Morgan fingerprint density at radius 3 is 2.50 bits per heavy atom. The highest BCUT2D eigenvalue weighted by Crippen LogP contribution is 2.05. The number of nitrogens with one attached hydrogen (secondary N) is 1. The van der Waals surface area contributed by atoms with E-state index in [9.17, 15) is 9.59 Å². The number of carbonyl (C=O) groups excluding carboxylic acids is 2. The van der Waals surface area contributed by atoms with Gasteiger partial charge in [-0.2, -0.15) is 0 Å². The molecule has 0 radical (unpaired) electrons. The molecule has 1 atom stereocenters. The molecule has 0 spiro atoms. The maximum Gasteiger partial charge on any atom is 0.328 e. The summed E-state index contributed by atoms with van der Waals surface area (Å²) in [6, 6.07) is -0.507. The summed E-state index contributed by atoms with van der Waals surface area (Å²) in [7, 11) is 1.31. The van der Waals surface area contributed by atoms with Crippen molar-refractivity contribution < 1.29 is 14.3 Å². The predicted molar refractivity (Wildman–Crippen MR) is 44.5 cm³/mol. The molecule has 0 bridgehead atoms. The van der Waals surface area contributed by atoms with Crippen LogP contribution in [0.2, 0.25) is 0 Å². The van der Waals surface area contributed by atoms with E-state index in [1.807, 2.05) is 13.8 Å². The first-order valence-corrected chi connectivity index (χ1v) is 3.89. The number of carbonyl (C=O) groups is 2. The Hall–Kier alpha value is -1.06. The van der Waals surface area contributed by atoms with Crippen molar-refractivity contribution in [1.82, 2.24) is 5.32 Å². The van der Waals surface area contributed by atoms with Gasteiger partial charge >= 0.3 is 5.97 Å². The molecule has 0 aliphatic heterocycles. The van der Waals surface area contributed by atoms with E-state index < -0.39 is 12.0 Å². The zero-order valence-electron chi connectivity index (χ0n) is 7.66. The molecule has 0 heterocycles. The van der Waals surface area contributed by atoms with Gasteiger partial charge in [0.25, 0.3) is 0 Å². The van der Waals surface area contributed by atoms with Crippen LogP contribution in [0, 0.1) is 5.92 Å². The Bertz CT molecular complexity index is 156. The summed E-state index contributed by atoms with van der Waals surface area (Å²) < 4.78 is 4.51. The Morgan fingerprint density at radius 2 is 2.17 bits per heavy atom. The molecule has 0 rings (SSSR count). The minimum atomic E-state index is -0.507. The fourth-order valence-electron chi connectivity index (χ4n) is 0.928. The standard InChI is InChI=1S/C8H15NO3/c1-6(2)4-7(9-5-10)8(11)12-3/h5-7H,4H2,1-3H3,(H,9,10)/t7-/m1/s1. The molecule has 0 fully saturated rings. The number of ether oxygens (including phenoxy) is 1. The molecule has 0 unspecified atom stereocenters. The van der Waals surface area contributed by atoms with E-state index >= 15 is 0 Å². The average Bonchev–Trinajstić information content (AvgIpc) is 2.01. The van der Waals surface area contributed by atoms with Crippen molar-refractivity contribution in [1.29, 1.82) is 0 Å². The quantitative estimate of drug-likeness (QED) is 0.481. The molecular formula is C8H15NO3. The Kier molecular flexibility index (Phi) is 5.08. The van der Waals surface area contributed by atoms with E-state index in [1.54, 1.807) is 0 Å². The van der Waals surface area contributed by atoms with E-state index in [2.05, 4.69) is 10.1 Å². The van der Waals surface area contributed by atoms with Crippen LogP contribution in [0.3, 0.4) is 0 Å². The van der Waals surface area contributed by atoms with Crippen LogP contribution in [0.1, 0.15) is 20.3 Å². The maximum atomic E-state index is 11.0. The lowest BCUT2D eigenvalue weighted by molar-refractivity contribution is -0.144. The van der Waals surface area contributed by atoms with E-state index in [1.165, 1.54) is 7.11 Å². The van der Waals surface area contributed by atoms with Crippen LogP contribution in [-0.2, 0) is 14.3 Å². The molecule has 1 amide bonds. The zero-order chi connectivity index (χ0) is 9.56. The SMILES string of the molecule is COC(=O)[C@@H](CC(C)C)NC=O. The van der Waals surface area contributed by atoms with Gasteiger partial charge in [-0.15, -0.1) is 0 Å². The summed E-state index contributed by atoms with van der Waals surface area (Å²) >= 11 is 0. The van der Waals surface area contributed by atoms with Crippen LogP contribution in [0.5, 0.6) is 0 Å². The van der Waals surface area contributed by atoms with Crippen molar-refractivity contribution in [3.63, 3.8) is 0 Å². The van der Waals surface area contributed by atoms with E-state index in [-0.39, 0.29) is 0 Å². The molecular weight excluding hydrogens is 158 g/mol. The minimum Gasteiger partial charge on any atom is -0.467 e. The molecule has 0 saturated heterocycles. The number of amides is 1. The highest BCUT2D eigenvalue weighted by atomic mass is 16.5. The van der Waals surface area contributed by atoms with Crippen molar-refractivity contribution in [2.45, 2.75) is 26.3 Å². The fraction of sp³-hybridized carbons (Fsp3) is 0.750. The van der Waals surface area contributed by atoms with Crippen molar-refractivity contribution >= 4 is 12.4 Å². The maximum absolute atomic E-state index is 11.0. The number of methoxy groups -OCH3 is 1. The second-order valence-electron chi connectivity index (χ2n) is 2.99. The van der Waals surface area contributed by atoms with Gasteiger partial charge in [-0.25, -0.2) is 4.79 Å². The number of rotatable bonds is 5. The van der Waals surface area contributed by atoms with Gasteiger partial charge in [0.15, 0.2) is 0 Å². The summed E-state index contributed by atoms with van der Waals surface area (Å²) in [6.07, 6.45) is 1.12. The Labute approximate surface area is 72.3 Å². The van der Waals surface area contributed by atoms with Crippen LogP contribution < -0.4 is 5.32 Å². The van der Waals surface area contributed by atoms with Crippen LogP contribution in [0.4, 0.5) is 0 Å². The highest BCUT2D eigenvalue weighted by molar-refractivity contribution is 5.77. The van der Waals surface area contributed by atoms with E-state index in [4.69, 9.17) is 0 Å². The lowest BCUT2D eigenvalue weighted by Gasteiger charge is -2.14. The lowest BCUT2D eigenvalue weighted by Crippen LogP contribution is -2.37. The highest BCUT2D eigenvalue weighted by Gasteiger charge is 2.18. The largest absolute Gasteiger partial charge is 0.467 e. The van der Waals surface area contributed by atoms with Gasteiger partial charge in [0.1, 0.15) is 6.04 Å². The number of esters is 1. The minimum absolute atomic E-state index is 0.349. The lowest BCUT2D eigenvalue weighted by atomic mass is 10.0. The fourth-order valence-corrected chi connectivity index (χ4v) is 0.928. The van der Waals surface area contributed by atoms with Gasteiger partial charge in [0.05, 0.1) is 7.11 Å². The van der Waals surface area contributed by atoms with Gasteiger partial charge < -0.3 is 10.1 Å². The summed E-state index contributed by atoms with van der Waals surface area (Å²) in [6.45, 7) is 3.95. The zero-order valence-corrected chi connectivity index (χ0v) is 7.66. The molecule has 0 aromatic rings. The second-order valence-corrected chi connectivity index (χ2v) is 2.99. The van der Waals surface area contributed by atoms with Gasteiger partial charge in [0, 0.05) is 0 Å². The number of hydrogen-bond acceptors (Lipinski definition) is 3. The average molecular weight is 173 g/mol. The van der Waals surface area contributed by atoms with E-state index in [0.717, 1.165) is 0 Å². The molecule has 0 aliphatic rings. The molecule has 12 heavy (non-hydrogen) atoms. The second kappa shape index (κ2) is 5.57. The molecule has 4 heteroatoms. The first kappa shape index (κ1) is 10.9. The summed E-state index contributed by atoms with van der Waals surface area (Å²) in [5.74, 6) is -0.0441. The molecule has 0 aliphatic carbocycles. The van der Waals surface area contributed by atoms with Gasteiger partial charge in [-0.1, -0.05) is 13.8 Å². The summed E-state index contributed by atoms with van der Waals surface area (Å²) in [4.78, 5) is 21.1. The molecule has 70 valence electrons. The van der Waals surface area contributed by atoms with Crippen LogP contribution in [0.25, 0.3) is 0 Å². The monoisotopic (exact) mass is 173 g/mol. The van der Waals surface area contributed by atoms with Crippen LogP contribution in [-0.4, -0.2) is 25.5 Å². The van der Waals surface area contributed by atoms with Crippen molar-refractivity contribution in [3.8, 4) is 0 Å². The van der Waals surface area contributed by atoms with E-state index in [0.29, 0.717) is 18.7 Å². The third-order valence-corrected chi connectivity index (χ3v) is 1.46. The summed E-state index contributed by atoms with van der Waals surface area (Å²) in [5, 5.41) is 2.41. The Morgan fingerprint density at radius 1 is 1.58 bits per heavy atom. The normalized spacial score (nSPS) is 12.3. The van der Waals surface area contributed by atoms with Crippen LogP contribution >= 0.6 is 0 Å². The molecule has 0 aromatic carbocycles. The van der Waals surface area contributed by atoms with Crippen LogP contribution in [0.15, 0.2) is 0 Å². The van der Waals surface area contributed by atoms with Crippen molar-refractivity contribution in [3.05, 3.63) is 0 Å². The molecule has 0 aromatic heterocycles. The van der Waals surface area contributed by atoms with Gasteiger partial charge in [0.2, 0.25) is 6.41 Å². The molecule has 1 N–H and O–H groups in total.